The molecular formula is C18H16NO5+. The summed E-state index contributed by atoms with van der Waals surface area (Å²) in [6, 6.07) is 11.3. The van der Waals surface area contributed by atoms with Crippen molar-refractivity contribution in [2.24, 2.45) is 0 Å². The minimum absolute atomic E-state index is 0.0744. The van der Waals surface area contributed by atoms with E-state index in [4.69, 9.17) is 18.9 Å². The Morgan fingerprint density at radius 2 is 1.58 bits per heavy atom. The molecule has 0 aliphatic carbocycles. The van der Waals surface area contributed by atoms with Crippen molar-refractivity contribution in [3.8, 4) is 23.0 Å². The van der Waals surface area contributed by atoms with Gasteiger partial charge in [0.05, 0.1) is 6.08 Å². The molecule has 24 heavy (non-hydrogen) atoms. The molecule has 0 unspecified atom stereocenters. The van der Waals surface area contributed by atoms with Gasteiger partial charge in [0.2, 0.25) is 13.6 Å². The fourth-order valence-electron chi connectivity index (χ4n) is 2.49. The Bertz CT molecular complexity index is 828. The highest BCUT2D eigenvalue weighted by atomic mass is 16.7. The number of aliphatic hydroxyl groups is 1. The maximum Gasteiger partial charge on any atom is 0.358 e. The van der Waals surface area contributed by atoms with Crippen molar-refractivity contribution in [1.29, 1.82) is 0 Å². The molecule has 0 bridgehead atoms. The smallest absolute Gasteiger partial charge is 0.358 e. The first-order valence-electron chi connectivity index (χ1n) is 7.54. The summed E-state index contributed by atoms with van der Waals surface area (Å²) in [6.45, 7) is 0.979. The molecule has 0 amide bonds. The molecule has 0 aromatic heterocycles. The molecule has 0 saturated heterocycles. The zero-order valence-electron chi connectivity index (χ0n) is 12.8. The van der Waals surface area contributed by atoms with E-state index in [2.05, 4.69) is 4.99 Å². The molecule has 2 aliphatic rings. The first kappa shape index (κ1) is 14.4. The minimum atomic E-state index is 0.0744. The van der Waals surface area contributed by atoms with E-state index in [0.717, 1.165) is 28.4 Å². The van der Waals surface area contributed by atoms with Crippen molar-refractivity contribution >= 4 is 12.0 Å². The molecule has 2 heterocycles. The van der Waals surface area contributed by atoms with Gasteiger partial charge in [0, 0.05) is 5.56 Å². The molecular weight excluding hydrogens is 310 g/mol. The normalized spacial score (nSPS) is 15.2. The molecule has 122 valence electrons. The second kappa shape index (κ2) is 6.16. The number of hydrogen-bond acceptors (Lipinski definition) is 4. The Kier molecular flexibility index (Phi) is 3.70. The van der Waals surface area contributed by atoms with E-state index in [1.807, 2.05) is 36.4 Å². The molecule has 2 N–H and O–H groups in total. The van der Waals surface area contributed by atoms with Gasteiger partial charge in [-0.1, -0.05) is 6.07 Å². The summed E-state index contributed by atoms with van der Waals surface area (Å²) < 4.78 is 21.2. The zero-order valence-corrected chi connectivity index (χ0v) is 12.8. The van der Waals surface area contributed by atoms with E-state index in [1.54, 1.807) is 12.2 Å². The summed E-state index contributed by atoms with van der Waals surface area (Å²) >= 11 is 0. The Morgan fingerprint density at radius 1 is 0.917 bits per heavy atom. The van der Waals surface area contributed by atoms with Gasteiger partial charge in [-0.2, -0.15) is 0 Å². The lowest BCUT2D eigenvalue weighted by atomic mass is 10.2. The topological polar surface area (TPSA) is 71.1 Å². The molecule has 0 spiro atoms. The fraction of sp³-hybridized carbons (Fsp3) is 0.167. The summed E-state index contributed by atoms with van der Waals surface area (Å²) in [5, 5.41) is 9.97. The molecule has 6 nitrogen and oxygen atoms in total. The third-order valence-electron chi connectivity index (χ3n) is 3.74. The number of fused-ring (bicyclic) bond motifs is 2. The monoisotopic (exact) mass is 326 g/mol. The highest BCUT2D eigenvalue weighted by Gasteiger charge is 2.14. The van der Waals surface area contributed by atoms with Crippen molar-refractivity contribution in [2.45, 2.75) is 6.54 Å². The van der Waals surface area contributed by atoms with E-state index in [1.165, 1.54) is 0 Å². The van der Waals surface area contributed by atoms with Crippen molar-refractivity contribution in [2.75, 3.05) is 13.6 Å². The molecule has 4 rings (SSSR count). The Morgan fingerprint density at radius 3 is 2.38 bits per heavy atom. The van der Waals surface area contributed by atoms with Gasteiger partial charge in [-0.3, -0.25) is 0 Å². The lowest BCUT2D eigenvalue weighted by Crippen LogP contribution is -2.70. The van der Waals surface area contributed by atoms with Gasteiger partial charge in [-0.15, -0.1) is 0 Å². The Balaban J connectivity index is 1.42. The van der Waals surface area contributed by atoms with Crippen molar-refractivity contribution < 1.29 is 29.0 Å². The quantitative estimate of drug-likeness (QED) is 0.656. The van der Waals surface area contributed by atoms with Crippen LogP contribution in [0.1, 0.15) is 11.1 Å². The van der Waals surface area contributed by atoms with Gasteiger partial charge in [0.1, 0.15) is 0 Å². The van der Waals surface area contributed by atoms with Crippen LogP contribution in [-0.4, -0.2) is 24.6 Å². The summed E-state index contributed by atoms with van der Waals surface area (Å²) in [4.78, 5) is 2.95. The second-order valence-electron chi connectivity index (χ2n) is 5.37. The predicted molar refractivity (Wildman–Crippen MR) is 86.5 cm³/mol. The fourth-order valence-corrected chi connectivity index (χ4v) is 2.49. The highest BCUT2D eigenvalue weighted by molar-refractivity contribution is 5.85. The molecule has 0 radical (unpaired) electrons. The van der Waals surface area contributed by atoms with E-state index < -0.39 is 0 Å². The van der Waals surface area contributed by atoms with Gasteiger partial charge >= 0.3 is 5.90 Å². The molecule has 2 aliphatic heterocycles. The zero-order chi connectivity index (χ0) is 16.4. The molecule has 2 aromatic rings. The largest absolute Gasteiger partial charge is 0.460 e. The second-order valence-corrected chi connectivity index (χ2v) is 5.37. The third kappa shape index (κ3) is 2.99. The van der Waals surface area contributed by atoms with Crippen LogP contribution in [0, 0.1) is 0 Å². The van der Waals surface area contributed by atoms with Crippen molar-refractivity contribution in [1.82, 2.24) is 0 Å². The van der Waals surface area contributed by atoms with E-state index in [0.29, 0.717) is 12.3 Å². The number of hydrogen-bond donors (Lipinski definition) is 2. The first-order valence-corrected chi connectivity index (χ1v) is 7.54. The van der Waals surface area contributed by atoms with Crippen LogP contribution >= 0.6 is 0 Å². The Hall–Kier alpha value is -3.15. The van der Waals surface area contributed by atoms with Gasteiger partial charge in [-0.25, -0.2) is 4.99 Å². The van der Waals surface area contributed by atoms with Crippen LogP contribution < -0.4 is 23.9 Å². The van der Waals surface area contributed by atoms with Crippen LogP contribution in [0.4, 0.5) is 0 Å². The number of nitrogens with one attached hydrogen (secondary N) is 1. The highest BCUT2D eigenvalue weighted by Crippen LogP contribution is 2.33. The van der Waals surface area contributed by atoms with Crippen LogP contribution in [0.3, 0.4) is 0 Å². The molecule has 2 aromatic carbocycles. The lowest BCUT2D eigenvalue weighted by molar-refractivity contribution is -0.483. The maximum atomic E-state index is 9.97. The van der Waals surface area contributed by atoms with Crippen LogP contribution in [0.5, 0.6) is 23.0 Å². The van der Waals surface area contributed by atoms with Crippen molar-refractivity contribution in [3.63, 3.8) is 0 Å². The van der Waals surface area contributed by atoms with Crippen molar-refractivity contribution in [3.05, 3.63) is 53.6 Å². The summed E-state index contributed by atoms with van der Waals surface area (Å²) in [5.74, 6) is 3.00. The number of rotatable bonds is 4. The Labute approximate surface area is 138 Å². The third-order valence-corrected chi connectivity index (χ3v) is 3.74. The van der Waals surface area contributed by atoms with Gasteiger partial charge in [0.25, 0.3) is 0 Å². The summed E-state index contributed by atoms with van der Waals surface area (Å²) in [6.07, 6.45) is 3.40. The molecule has 0 atom stereocenters. The van der Waals surface area contributed by atoms with E-state index in [9.17, 15) is 5.11 Å². The molecule has 0 fully saturated rings. The number of aliphatic hydroxyl groups excluding tert-OH is 1. The standard InChI is InChI=1S/C18H15NO5/c20-18(6-3-12-1-4-14-16(7-12)23-10-21-14)19-9-13-2-5-15-17(8-13)24-11-22-15/h1-8H,9-11H2,(H,19,20)/p+1/b6-3+. The lowest BCUT2D eigenvalue weighted by Gasteiger charge is -1.97. The molecule has 0 saturated carbocycles. The van der Waals surface area contributed by atoms with Crippen LogP contribution in [-0.2, 0) is 6.54 Å². The van der Waals surface area contributed by atoms with Crippen LogP contribution in [0.25, 0.3) is 6.08 Å². The predicted octanol–water partition coefficient (Wildman–Crippen LogP) is 1.39. The first-order chi connectivity index (χ1) is 11.8. The maximum absolute atomic E-state index is 9.97. The van der Waals surface area contributed by atoms with E-state index >= 15 is 0 Å². The average molecular weight is 326 g/mol. The molecule has 6 heteroatoms. The van der Waals surface area contributed by atoms with Crippen LogP contribution in [0.2, 0.25) is 0 Å². The van der Waals surface area contributed by atoms with Gasteiger partial charge < -0.3 is 24.1 Å². The number of benzene rings is 2. The SMILES string of the molecule is OC(/C=C/c1ccc2c(c1)OCO2)=[NH+]Cc1ccc2c(c1)OCO2. The summed E-state index contributed by atoms with van der Waals surface area (Å²) in [5.41, 5.74) is 1.90. The summed E-state index contributed by atoms with van der Waals surface area (Å²) in [7, 11) is 0. The van der Waals surface area contributed by atoms with Crippen LogP contribution in [0.15, 0.2) is 42.5 Å². The number of ether oxygens (including phenoxy) is 4. The minimum Gasteiger partial charge on any atom is -0.460 e. The van der Waals surface area contributed by atoms with E-state index in [-0.39, 0.29) is 19.5 Å². The average Bonchev–Trinajstić information content (AvgIpc) is 3.25. The van der Waals surface area contributed by atoms with Gasteiger partial charge in [-0.05, 0) is 42.0 Å². The van der Waals surface area contributed by atoms with Gasteiger partial charge in [0.15, 0.2) is 29.5 Å².